The first-order valence-electron chi connectivity index (χ1n) is 6.80. The molecule has 0 saturated heterocycles. The molecule has 1 amide bonds. The lowest BCUT2D eigenvalue weighted by molar-refractivity contribution is -0.117. The van der Waals surface area contributed by atoms with Gasteiger partial charge in [0, 0.05) is 10.6 Å². The molecule has 122 valence electrons. The Kier molecular flexibility index (Phi) is 4.99. The Balaban J connectivity index is 1.72. The lowest BCUT2D eigenvalue weighted by Gasteiger charge is -2.06. The number of carbonyl (C=O) groups is 1. The Morgan fingerprint density at radius 3 is 2.67 bits per heavy atom. The molecule has 3 rings (SSSR count). The van der Waals surface area contributed by atoms with E-state index in [4.69, 9.17) is 34.8 Å². The van der Waals surface area contributed by atoms with Crippen molar-refractivity contribution in [3.05, 3.63) is 57.5 Å². The van der Waals surface area contributed by atoms with E-state index in [2.05, 4.69) is 20.7 Å². The van der Waals surface area contributed by atoms with Crippen molar-refractivity contribution in [1.29, 1.82) is 0 Å². The topological polar surface area (TPSA) is 72.7 Å². The predicted molar refractivity (Wildman–Crippen MR) is 93.4 cm³/mol. The first-order chi connectivity index (χ1) is 11.5. The Labute approximate surface area is 152 Å². The van der Waals surface area contributed by atoms with Gasteiger partial charge in [0.1, 0.15) is 6.54 Å². The average molecular weight is 383 g/mol. The van der Waals surface area contributed by atoms with Crippen molar-refractivity contribution in [1.82, 2.24) is 20.2 Å². The van der Waals surface area contributed by atoms with Crippen LogP contribution in [0.1, 0.15) is 0 Å². The van der Waals surface area contributed by atoms with Crippen LogP contribution < -0.4 is 5.32 Å². The van der Waals surface area contributed by atoms with Crippen molar-refractivity contribution in [2.75, 3.05) is 5.32 Å². The maximum Gasteiger partial charge on any atom is 0.248 e. The molecule has 24 heavy (non-hydrogen) atoms. The van der Waals surface area contributed by atoms with Gasteiger partial charge in [-0.25, -0.2) is 0 Å². The predicted octanol–water partition coefficient (Wildman–Crippen LogP) is 3.94. The van der Waals surface area contributed by atoms with Crippen molar-refractivity contribution in [3.63, 3.8) is 0 Å². The van der Waals surface area contributed by atoms with Gasteiger partial charge in [0.25, 0.3) is 0 Å². The number of amides is 1. The van der Waals surface area contributed by atoms with Gasteiger partial charge in [-0.3, -0.25) is 4.79 Å². The van der Waals surface area contributed by atoms with Crippen LogP contribution in [0, 0.1) is 0 Å². The number of nitrogens with one attached hydrogen (secondary N) is 1. The molecule has 0 aliphatic rings. The highest BCUT2D eigenvalue weighted by atomic mass is 35.5. The molecule has 0 fully saturated rings. The first kappa shape index (κ1) is 16.7. The van der Waals surface area contributed by atoms with Crippen molar-refractivity contribution >= 4 is 46.4 Å². The Morgan fingerprint density at radius 2 is 1.88 bits per heavy atom. The van der Waals surface area contributed by atoms with Gasteiger partial charge < -0.3 is 5.32 Å². The summed E-state index contributed by atoms with van der Waals surface area (Å²) in [5.41, 5.74) is 1.06. The molecule has 0 bridgehead atoms. The maximum atomic E-state index is 12.1. The largest absolute Gasteiger partial charge is 0.323 e. The number of carbonyl (C=O) groups excluding carboxylic acids is 1. The summed E-state index contributed by atoms with van der Waals surface area (Å²) >= 11 is 18.0. The van der Waals surface area contributed by atoms with Crippen molar-refractivity contribution in [2.45, 2.75) is 6.54 Å². The molecule has 0 aliphatic heterocycles. The van der Waals surface area contributed by atoms with E-state index in [1.807, 2.05) is 6.07 Å². The zero-order chi connectivity index (χ0) is 17.1. The molecule has 0 aliphatic carbocycles. The average Bonchev–Trinajstić information content (AvgIpc) is 2.99. The summed E-state index contributed by atoms with van der Waals surface area (Å²) in [5.74, 6) is -0.0172. The molecular weight excluding hydrogens is 373 g/mol. The number of nitrogens with zero attached hydrogens (tertiary/aromatic N) is 4. The zero-order valence-electron chi connectivity index (χ0n) is 12.1. The van der Waals surface area contributed by atoms with Gasteiger partial charge in [-0.2, -0.15) is 4.80 Å². The van der Waals surface area contributed by atoms with E-state index < -0.39 is 0 Å². The summed E-state index contributed by atoms with van der Waals surface area (Å²) in [7, 11) is 0. The molecule has 1 heterocycles. The summed E-state index contributed by atoms with van der Waals surface area (Å²) in [5, 5.41) is 15.9. The molecule has 0 atom stereocenters. The van der Waals surface area contributed by atoms with Crippen LogP contribution in [0.15, 0.2) is 42.5 Å². The van der Waals surface area contributed by atoms with Crippen LogP contribution in [0.3, 0.4) is 0 Å². The van der Waals surface area contributed by atoms with E-state index in [-0.39, 0.29) is 12.5 Å². The number of anilines is 1. The second-order valence-electron chi connectivity index (χ2n) is 4.80. The molecule has 0 saturated carbocycles. The third kappa shape index (κ3) is 3.84. The monoisotopic (exact) mass is 381 g/mol. The van der Waals surface area contributed by atoms with E-state index in [9.17, 15) is 4.79 Å². The highest BCUT2D eigenvalue weighted by Gasteiger charge is 2.12. The van der Waals surface area contributed by atoms with Crippen LogP contribution in [0.2, 0.25) is 15.1 Å². The highest BCUT2D eigenvalue weighted by Crippen LogP contribution is 2.25. The standard InChI is InChI=1S/C15H10Cl3N5O/c16-9-5-6-12(18)13(7-9)19-14(24)8-23-21-15(20-22-23)10-3-1-2-4-11(10)17/h1-7H,8H2,(H,19,24). The van der Waals surface area contributed by atoms with Crippen LogP contribution in [0.5, 0.6) is 0 Å². The first-order valence-corrected chi connectivity index (χ1v) is 7.94. The summed E-state index contributed by atoms with van der Waals surface area (Å²) in [4.78, 5) is 13.3. The molecule has 9 heteroatoms. The minimum Gasteiger partial charge on any atom is -0.323 e. The summed E-state index contributed by atoms with van der Waals surface area (Å²) in [6, 6.07) is 11.9. The van der Waals surface area contributed by atoms with Crippen LogP contribution in [0.4, 0.5) is 5.69 Å². The number of hydrogen-bond donors (Lipinski definition) is 1. The van der Waals surface area contributed by atoms with E-state index in [0.717, 1.165) is 0 Å². The number of hydrogen-bond acceptors (Lipinski definition) is 4. The van der Waals surface area contributed by atoms with Gasteiger partial charge in [-0.1, -0.05) is 46.9 Å². The molecular formula is C15H10Cl3N5O. The third-order valence-electron chi connectivity index (χ3n) is 3.06. The number of halogens is 3. The van der Waals surface area contributed by atoms with E-state index in [1.54, 1.807) is 36.4 Å². The molecule has 0 unspecified atom stereocenters. The molecule has 2 aromatic carbocycles. The summed E-state index contributed by atoms with van der Waals surface area (Å²) in [6.45, 7) is -0.125. The molecule has 1 N–H and O–H groups in total. The maximum absolute atomic E-state index is 12.1. The van der Waals surface area contributed by atoms with Crippen molar-refractivity contribution in [3.8, 4) is 11.4 Å². The quantitative estimate of drug-likeness (QED) is 0.742. The summed E-state index contributed by atoms with van der Waals surface area (Å²) < 4.78 is 0. The number of aromatic nitrogens is 4. The Bertz CT molecular complexity index is 896. The Hall–Kier alpha value is -2.15. The lowest BCUT2D eigenvalue weighted by atomic mass is 10.2. The van der Waals surface area contributed by atoms with E-state index in [1.165, 1.54) is 4.80 Å². The van der Waals surface area contributed by atoms with Crippen LogP contribution in [-0.4, -0.2) is 26.1 Å². The second kappa shape index (κ2) is 7.17. The molecule has 6 nitrogen and oxygen atoms in total. The number of rotatable bonds is 4. The van der Waals surface area contributed by atoms with Crippen molar-refractivity contribution in [2.24, 2.45) is 0 Å². The van der Waals surface area contributed by atoms with Crippen LogP contribution in [-0.2, 0) is 11.3 Å². The minimum atomic E-state index is -0.359. The number of tetrazole rings is 1. The minimum absolute atomic E-state index is 0.125. The van der Waals surface area contributed by atoms with Gasteiger partial charge in [0.15, 0.2) is 0 Å². The fourth-order valence-corrected chi connectivity index (χ4v) is 2.53. The van der Waals surface area contributed by atoms with Gasteiger partial charge in [-0.15, -0.1) is 10.2 Å². The number of benzene rings is 2. The second-order valence-corrected chi connectivity index (χ2v) is 6.05. The fourth-order valence-electron chi connectivity index (χ4n) is 1.97. The third-order valence-corrected chi connectivity index (χ3v) is 3.95. The van der Waals surface area contributed by atoms with E-state index in [0.29, 0.717) is 32.1 Å². The molecule has 1 aromatic heterocycles. The molecule has 0 radical (unpaired) electrons. The van der Waals surface area contributed by atoms with Crippen molar-refractivity contribution < 1.29 is 4.79 Å². The van der Waals surface area contributed by atoms with Gasteiger partial charge >= 0.3 is 0 Å². The van der Waals surface area contributed by atoms with E-state index >= 15 is 0 Å². The normalized spacial score (nSPS) is 10.6. The van der Waals surface area contributed by atoms with Crippen LogP contribution >= 0.6 is 34.8 Å². The molecule has 0 spiro atoms. The Morgan fingerprint density at radius 1 is 1.08 bits per heavy atom. The molecule has 3 aromatic rings. The zero-order valence-corrected chi connectivity index (χ0v) is 14.3. The fraction of sp³-hybridized carbons (Fsp3) is 0.0667. The van der Waals surface area contributed by atoms with Gasteiger partial charge in [0.2, 0.25) is 11.7 Å². The highest BCUT2D eigenvalue weighted by molar-refractivity contribution is 6.35. The SMILES string of the molecule is O=C(Cn1nnc(-c2ccccc2Cl)n1)Nc1cc(Cl)ccc1Cl. The van der Waals surface area contributed by atoms with Gasteiger partial charge in [-0.05, 0) is 35.5 Å². The van der Waals surface area contributed by atoms with Gasteiger partial charge in [0.05, 0.1) is 15.7 Å². The summed E-state index contributed by atoms with van der Waals surface area (Å²) in [6.07, 6.45) is 0. The van der Waals surface area contributed by atoms with Crippen LogP contribution in [0.25, 0.3) is 11.4 Å². The smallest absolute Gasteiger partial charge is 0.248 e. The lowest BCUT2D eigenvalue weighted by Crippen LogP contribution is -2.20.